The molecular weight excluding hydrogens is 320 g/mol. The van der Waals surface area contributed by atoms with Crippen LogP contribution in [0.1, 0.15) is 30.7 Å². The van der Waals surface area contributed by atoms with Crippen molar-refractivity contribution in [2.45, 2.75) is 25.8 Å². The van der Waals surface area contributed by atoms with Crippen LogP contribution in [0.2, 0.25) is 0 Å². The second kappa shape index (κ2) is 7.57. The normalized spacial score (nSPS) is 11.9. The van der Waals surface area contributed by atoms with E-state index in [9.17, 15) is 9.59 Å². The lowest BCUT2D eigenvalue weighted by Crippen LogP contribution is -2.28. The van der Waals surface area contributed by atoms with Gasteiger partial charge in [0.2, 0.25) is 17.6 Å². The van der Waals surface area contributed by atoms with Gasteiger partial charge in [0.25, 0.3) is 5.56 Å². The maximum atomic E-state index is 12.4. The highest BCUT2D eigenvalue weighted by atomic mass is 16.5. The predicted molar refractivity (Wildman–Crippen MR) is 91.7 cm³/mol. The largest absolute Gasteiger partial charge is 0.346 e. The van der Waals surface area contributed by atoms with Gasteiger partial charge < -0.3 is 14.8 Å². The minimum Gasteiger partial charge on any atom is -0.346 e. The van der Waals surface area contributed by atoms with Crippen LogP contribution in [-0.2, 0) is 11.3 Å². The number of carbonyl (C=O) groups is 1. The molecule has 1 atom stereocenters. The standard InChI is InChI=1S/C18H18N4O3/c1-2-13(12-7-4-3-5-8-12)17(23)20-11-15-21-16(22-25-15)14-9-6-10-19-18(14)24/h3-10,13H,2,11H2,1H3,(H,19,24)(H,20,23)/t13-/m1/s1. The number of rotatable bonds is 6. The van der Waals surface area contributed by atoms with Crippen LogP contribution >= 0.6 is 0 Å². The molecule has 0 bridgehead atoms. The van der Waals surface area contributed by atoms with E-state index in [0.29, 0.717) is 12.0 Å². The molecule has 7 nitrogen and oxygen atoms in total. The van der Waals surface area contributed by atoms with Crippen LogP contribution in [0.25, 0.3) is 11.4 Å². The Labute approximate surface area is 144 Å². The predicted octanol–water partition coefficient (Wildman–Crippen LogP) is 2.23. The number of carbonyl (C=O) groups excluding carboxylic acids is 1. The highest BCUT2D eigenvalue weighted by Gasteiger charge is 2.19. The summed E-state index contributed by atoms with van der Waals surface area (Å²) in [7, 11) is 0. The lowest BCUT2D eigenvalue weighted by molar-refractivity contribution is -0.122. The van der Waals surface area contributed by atoms with Gasteiger partial charge in [-0.15, -0.1) is 0 Å². The highest BCUT2D eigenvalue weighted by Crippen LogP contribution is 2.19. The third-order valence-corrected chi connectivity index (χ3v) is 3.87. The Hall–Kier alpha value is -3.22. The van der Waals surface area contributed by atoms with Crippen molar-refractivity contribution >= 4 is 5.91 Å². The molecule has 0 aliphatic carbocycles. The van der Waals surface area contributed by atoms with Crippen LogP contribution in [0.4, 0.5) is 0 Å². The van der Waals surface area contributed by atoms with Crippen molar-refractivity contribution in [1.29, 1.82) is 0 Å². The van der Waals surface area contributed by atoms with E-state index < -0.39 is 0 Å². The van der Waals surface area contributed by atoms with Crippen LogP contribution in [-0.4, -0.2) is 21.0 Å². The molecule has 0 spiro atoms. The molecule has 0 unspecified atom stereocenters. The summed E-state index contributed by atoms with van der Waals surface area (Å²) in [6.07, 6.45) is 2.21. The molecule has 2 aromatic heterocycles. The molecule has 0 aliphatic rings. The second-order valence-corrected chi connectivity index (χ2v) is 5.51. The first-order valence-electron chi connectivity index (χ1n) is 8.02. The van der Waals surface area contributed by atoms with E-state index in [4.69, 9.17) is 4.52 Å². The SMILES string of the molecule is CC[C@@H](C(=O)NCc1nc(-c2ccc[nH]c2=O)no1)c1ccccc1. The average molecular weight is 338 g/mol. The third-order valence-electron chi connectivity index (χ3n) is 3.87. The molecule has 3 aromatic rings. The maximum Gasteiger partial charge on any atom is 0.259 e. The molecule has 1 amide bonds. The lowest BCUT2D eigenvalue weighted by Gasteiger charge is -2.14. The average Bonchev–Trinajstić information content (AvgIpc) is 3.11. The Morgan fingerprint density at radius 2 is 2.04 bits per heavy atom. The van der Waals surface area contributed by atoms with Gasteiger partial charge in [-0.1, -0.05) is 42.4 Å². The summed E-state index contributed by atoms with van der Waals surface area (Å²) >= 11 is 0. The van der Waals surface area contributed by atoms with Crippen LogP contribution in [0.3, 0.4) is 0 Å². The first-order valence-corrected chi connectivity index (χ1v) is 8.02. The first-order chi connectivity index (χ1) is 12.2. The molecule has 128 valence electrons. The van der Waals surface area contributed by atoms with Crippen LogP contribution < -0.4 is 10.9 Å². The van der Waals surface area contributed by atoms with Crippen molar-refractivity contribution < 1.29 is 9.32 Å². The van der Waals surface area contributed by atoms with Crippen molar-refractivity contribution in [3.05, 3.63) is 70.5 Å². The molecule has 0 saturated heterocycles. The van der Waals surface area contributed by atoms with E-state index in [1.807, 2.05) is 37.3 Å². The Morgan fingerprint density at radius 1 is 1.24 bits per heavy atom. The molecule has 0 saturated carbocycles. The molecule has 2 heterocycles. The number of pyridine rings is 1. The topological polar surface area (TPSA) is 101 Å². The highest BCUT2D eigenvalue weighted by molar-refractivity contribution is 5.83. The fourth-order valence-electron chi connectivity index (χ4n) is 2.58. The van der Waals surface area contributed by atoms with Gasteiger partial charge in [0, 0.05) is 6.20 Å². The van der Waals surface area contributed by atoms with E-state index in [1.165, 1.54) is 6.20 Å². The van der Waals surface area contributed by atoms with Crippen molar-refractivity contribution in [1.82, 2.24) is 20.4 Å². The number of hydrogen-bond donors (Lipinski definition) is 2. The maximum absolute atomic E-state index is 12.4. The van der Waals surface area contributed by atoms with Crippen molar-refractivity contribution in [3.8, 4) is 11.4 Å². The fourth-order valence-corrected chi connectivity index (χ4v) is 2.58. The number of benzene rings is 1. The van der Waals surface area contributed by atoms with Crippen LogP contribution in [0.5, 0.6) is 0 Å². The smallest absolute Gasteiger partial charge is 0.259 e. The summed E-state index contributed by atoms with van der Waals surface area (Å²) in [4.78, 5) is 30.9. The molecule has 2 N–H and O–H groups in total. The Balaban J connectivity index is 1.67. The van der Waals surface area contributed by atoms with E-state index in [-0.39, 0.29) is 35.6 Å². The molecular formula is C18H18N4O3. The number of amides is 1. The zero-order valence-electron chi connectivity index (χ0n) is 13.7. The number of nitrogens with one attached hydrogen (secondary N) is 2. The number of aromatic amines is 1. The fraction of sp³-hybridized carbons (Fsp3) is 0.222. The van der Waals surface area contributed by atoms with Crippen LogP contribution in [0.15, 0.2) is 58.0 Å². The number of H-pyrrole nitrogens is 1. The molecule has 0 fully saturated rings. The van der Waals surface area contributed by atoms with Gasteiger partial charge in [-0.25, -0.2) is 0 Å². The first kappa shape index (κ1) is 16.6. The van der Waals surface area contributed by atoms with E-state index >= 15 is 0 Å². The van der Waals surface area contributed by atoms with Crippen molar-refractivity contribution in [2.75, 3.05) is 0 Å². The van der Waals surface area contributed by atoms with E-state index in [1.54, 1.807) is 12.1 Å². The minimum absolute atomic E-state index is 0.106. The van der Waals surface area contributed by atoms with Gasteiger partial charge in [-0.05, 0) is 24.1 Å². The summed E-state index contributed by atoms with van der Waals surface area (Å²) in [5, 5.41) is 6.60. The molecule has 0 aliphatic heterocycles. The number of nitrogens with zero attached hydrogens (tertiary/aromatic N) is 2. The molecule has 3 rings (SSSR count). The van der Waals surface area contributed by atoms with Crippen molar-refractivity contribution in [3.63, 3.8) is 0 Å². The van der Waals surface area contributed by atoms with Gasteiger partial charge in [0.15, 0.2) is 0 Å². The quantitative estimate of drug-likeness (QED) is 0.718. The summed E-state index contributed by atoms with van der Waals surface area (Å²) in [5.74, 6) is 0.0993. The minimum atomic E-state index is -0.297. The van der Waals surface area contributed by atoms with E-state index in [0.717, 1.165) is 5.56 Å². The second-order valence-electron chi connectivity index (χ2n) is 5.51. The zero-order valence-corrected chi connectivity index (χ0v) is 13.7. The van der Waals surface area contributed by atoms with Gasteiger partial charge in [-0.2, -0.15) is 4.98 Å². The summed E-state index contributed by atoms with van der Waals surface area (Å²) in [5.41, 5.74) is 0.984. The van der Waals surface area contributed by atoms with Gasteiger partial charge in [0.1, 0.15) is 0 Å². The monoisotopic (exact) mass is 338 g/mol. The Bertz CT molecular complexity index is 902. The molecule has 1 aromatic carbocycles. The van der Waals surface area contributed by atoms with Crippen molar-refractivity contribution in [2.24, 2.45) is 0 Å². The number of aromatic nitrogens is 3. The van der Waals surface area contributed by atoms with Gasteiger partial charge >= 0.3 is 0 Å². The number of hydrogen-bond acceptors (Lipinski definition) is 5. The van der Waals surface area contributed by atoms with Gasteiger partial charge in [0.05, 0.1) is 18.0 Å². The lowest BCUT2D eigenvalue weighted by atomic mass is 9.96. The van der Waals surface area contributed by atoms with E-state index in [2.05, 4.69) is 20.4 Å². The molecule has 0 radical (unpaired) electrons. The molecule has 25 heavy (non-hydrogen) atoms. The third kappa shape index (κ3) is 3.82. The summed E-state index contributed by atoms with van der Waals surface area (Å²) in [6, 6.07) is 12.9. The summed E-state index contributed by atoms with van der Waals surface area (Å²) in [6.45, 7) is 2.07. The Kier molecular flexibility index (Phi) is 5.03. The van der Waals surface area contributed by atoms with Gasteiger partial charge in [-0.3, -0.25) is 9.59 Å². The summed E-state index contributed by atoms with van der Waals surface area (Å²) < 4.78 is 5.11. The van der Waals surface area contributed by atoms with Crippen LogP contribution in [0, 0.1) is 0 Å². The Morgan fingerprint density at radius 3 is 2.76 bits per heavy atom. The molecule has 7 heteroatoms. The zero-order chi connectivity index (χ0) is 17.6.